The molecule has 0 saturated heterocycles. The van der Waals surface area contributed by atoms with E-state index >= 15 is 0 Å². The predicted molar refractivity (Wildman–Crippen MR) is 111 cm³/mol. The third-order valence-corrected chi connectivity index (χ3v) is 4.92. The molecule has 1 aliphatic carbocycles. The molecule has 3 atom stereocenters. The zero-order valence-electron chi connectivity index (χ0n) is 18.2. The zero-order valence-corrected chi connectivity index (χ0v) is 18.2. The van der Waals surface area contributed by atoms with Crippen LogP contribution in [0.4, 0.5) is 4.39 Å². The second-order valence-corrected chi connectivity index (χ2v) is 7.32. The molecule has 3 N–H and O–H groups in total. The minimum atomic E-state index is -0.833. The third kappa shape index (κ3) is 7.89. The van der Waals surface area contributed by atoms with Crippen molar-refractivity contribution < 1.29 is 28.5 Å². The van der Waals surface area contributed by atoms with Crippen molar-refractivity contribution in [1.29, 1.82) is 0 Å². The number of aromatic nitrogens is 3. The largest absolute Gasteiger partial charge is 0.485 e. The monoisotopic (exact) mass is 438 g/mol. The molecular formula is C21H31FN4O5. The minimum absolute atomic E-state index is 0.0201. The number of ether oxygens (including phenoxy) is 3. The highest BCUT2D eigenvalue weighted by Gasteiger charge is 2.32. The Labute approximate surface area is 181 Å². The average Bonchev–Trinajstić information content (AvgIpc) is 3.13. The summed E-state index contributed by atoms with van der Waals surface area (Å²) in [5.74, 6) is 0.962. The number of hydrogen-bond donors (Lipinski definition) is 2. The fraction of sp³-hybridized carbons (Fsp3) is 0.571. The van der Waals surface area contributed by atoms with E-state index in [1.165, 1.54) is 12.1 Å². The van der Waals surface area contributed by atoms with Gasteiger partial charge in [0.1, 0.15) is 24.0 Å². The maximum absolute atomic E-state index is 13.3. The summed E-state index contributed by atoms with van der Waals surface area (Å²) in [4.78, 5) is 13.7. The molecule has 0 aliphatic heterocycles. The number of carboxylic acids is 1. The number of aliphatic carboxylic acids is 1. The van der Waals surface area contributed by atoms with Crippen molar-refractivity contribution in [3.63, 3.8) is 0 Å². The molecule has 0 amide bonds. The lowest BCUT2D eigenvalue weighted by molar-refractivity contribution is -0.134. The van der Waals surface area contributed by atoms with Crippen LogP contribution in [0.15, 0.2) is 24.3 Å². The Balaban J connectivity index is 0.000000785. The van der Waals surface area contributed by atoms with Crippen molar-refractivity contribution in [2.45, 2.75) is 57.4 Å². The maximum Gasteiger partial charge on any atom is 0.300 e. The molecule has 1 saturated carbocycles. The normalized spacial score (nSPS) is 20.6. The van der Waals surface area contributed by atoms with E-state index in [-0.39, 0.29) is 30.5 Å². The molecule has 9 nitrogen and oxygen atoms in total. The summed E-state index contributed by atoms with van der Waals surface area (Å²) in [5, 5.41) is 12.0. The molecule has 1 fully saturated rings. The average molecular weight is 439 g/mol. The fourth-order valence-corrected chi connectivity index (χ4v) is 3.52. The number of rotatable bonds is 8. The first-order valence-electron chi connectivity index (χ1n) is 10.1. The summed E-state index contributed by atoms with van der Waals surface area (Å²) < 4.78 is 31.4. The van der Waals surface area contributed by atoms with Crippen molar-refractivity contribution in [1.82, 2.24) is 14.8 Å². The Morgan fingerprint density at radius 1 is 1.35 bits per heavy atom. The SMILES string of the molecule is CC(=O)O.COCCn1nc(COc2cccc(F)c2)nc1[C@H]1CC[C@@H](OC)[C@H](N)C1. The summed E-state index contributed by atoms with van der Waals surface area (Å²) in [5.41, 5.74) is 6.26. The van der Waals surface area contributed by atoms with Crippen molar-refractivity contribution in [3.8, 4) is 5.75 Å². The van der Waals surface area contributed by atoms with Crippen LogP contribution in [-0.2, 0) is 27.4 Å². The van der Waals surface area contributed by atoms with Gasteiger partial charge in [0.2, 0.25) is 0 Å². The van der Waals surface area contributed by atoms with Gasteiger partial charge >= 0.3 is 0 Å². The van der Waals surface area contributed by atoms with Gasteiger partial charge < -0.3 is 25.1 Å². The first-order chi connectivity index (χ1) is 14.8. The smallest absolute Gasteiger partial charge is 0.300 e. The molecule has 172 valence electrons. The molecule has 1 aromatic carbocycles. The standard InChI is InChI=1S/C19H27FN4O3.C2H4O2/c1-25-9-8-24-19(13-6-7-17(26-2)16(21)10-13)22-18(23-24)12-27-15-5-3-4-14(20)11-15;1-2(3)4/h3-5,11,13,16-17H,6-10,12,21H2,1-2H3;1H3,(H,3,4)/t13-,16+,17+;/m0./s1. The van der Waals surface area contributed by atoms with Crippen LogP contribution in [0.2, 0.25) is 0 Å². The van der Waals surface area contributed by atoms with Crippen molar-refractivity contribution in [3.05, 3.63) is 41.7 Å². The quantitative estimate of drug-likeness (QED) is 0.644. The number of hydrogen-bond acceptors (Lipinski definition) is 7. The summed E-state index contributed by atoms with van der Waals surface area (Å²) in [6.45, 7) is 2.41. The Hall–Kier alpha value is -2.56. The number of nitrogens with two attached hydrogens (primary N) is 1. The summed E-state index contributed by atoms with van der Waals surface area (Å²) in [6, 6.07) is 6.01. The van der Waals surface area contributed by atoms with Gasteiger partial charge in [-0.05, 0) is 31.4 Å². The van der Waals surface area contributed by atoms with E-state index in [0.29, 0.717) is 24.7 Å². The van der Waals surface area contributed by atoms with Gasteiger partial charge in [-0.3, -0.25) is 4.79 Å². The van der Waals surface area contributed by atoms with Crippen LogP contribution in [0.25, 0.3) is 0 Å². The lowest BCUT2D eigenvalue weighted by Gasteiger charge is -2.32. The molecule has 1 heterocycles. The molecule has 1 aliphatic rings. The van der Waals surface area contributed by atoms with Crippen LogP contribution in [0.3, 0.4) is 0 Å². The van der Waals surface area contributed by atoms with Gasteiger partial charge in [-0.15, -0.1) is 0 Å². The van der Waals surface area contributed by atoms with E-state index < -0.39 is 5.97 Å². The maximum atomic E-state index is 13.3. The van der Waals surface area contributed by atoms with Gasteiger partial charge in [-0.1, -0.05) is 6.07 Å². The van der Waals surface area contributed by atoms with E-state index in [9.17, 15) is 4.39 Å². The number of halogens is 1. The molecule has 0 radical (unpaired) electrons. The third-order valence-electron chi connectivity index (χ3n) is 4.92. The minimum Gasteiger partial charge on any atom is -0.485 e. The van der Waals surface area contributed by atoms with Crippen LogP contribution >= 0.6 is 0 Å². The Kier molecular flexibility index (Phi) is 9.83. The van der Waals surface area contributed by atoms with Crippen molar-refractivity contribution in [2.75, 3.05) is 20.8 Å². The summed E-state index contributed by atoms with van der Waals surface area (Å²) >= 11 is 0. The number of nitrogens with zero attached hydrogens (tertiary/aromatic N) is 3. The van der Waals surface area contributed by atoms with E-state index in [4.69, 9.17) is 34.8 Å². The van der Waals surface area contributed by atoms with Gasteiger partial charge in [-0.2, -0.15) is 5.10 Å². The zero-order chi connectivity index (χ0) is 22.8. The van der Waals surface area contributed by atoms with E-state index in [1.54, 1.807) is 26.4 Å². The van der Waals surface area contributed by atoms with Gasteiger partial charge in [0.25, 0.3) is 5.97 Å². The molecule has 0 unspecified atom stereocenters. The highest BCUT2D eigenvalue weighted by molar-refractivity contribution is 5.62. The molecule has 1 aromatic heterocycles. The van der Waals surface area contributed by atoms with Crippen LogP contribution in [0.1, 0.15) is 43.8 Å². The highest BCUT2D eigenvalue weighted by Crippen LogP contribution is 2.32. The molecule has 0 spiro atoms. The van der Waals surface area contributed by atoms with Crippen LogP contribution in [0.5, 0.6) is 5.75 Å². The van der Waals surface area contributed by atoms with E-state index in [2.05, 4.69) is 5.10 Å². The summed E-state index contributed by atoms with van der Waals surface area (Å²) in [6.07, 6.45) is 2.73. The van der Waals surface area contributed by atoms with Gasteiger partial charge in [0.05, 0.1) is 19.3 Å². The van der Waals surface area contributed by atoms with Crippen molar-refractivity contribution >= 4 is 5.97 Å². The van der Waals surface area contributed by atoms with Crippen molar-refractivity contribution in [2.24, 2.45) is 5.73 Å². The van der Waals surface area contributed by atoms with E-state index in [1.807, 2.05) is 4.68 Å². The lowest BCUT2D eigenvalue weighted by Crippen LogP contribution is -2.41. The molecule has 31 heavy (non-hydrogen) atoms. The topological polar surface area (TPSA) is 122 Å². The first-order valence-corrected chi connectivity index (χ1v) is 10.1. The number of methoxy groups -OCH3 is 2. The number of carboxylic acid groups (broad SMARTS) is 1. The fourth-order valence-electron chi connectivity index (χ4n) is 3.52. The summed E-state index contributed by atoms with van der Waals surface area (Å²) in [7, 11) is 3.36. The number of carbonyl (C=O) groups is 1. The Morgan fingerprint density at radius 3 is 2.71 bits per heavy atom. The first kappa shape index (κ1) is 24.7. The number of benzene rings is 1. The van der Waals surface area contributed by atoms with Gasteiger partial charge in [0, 0.05) is 39.2 Å². The predicted octanol–water partition coefficient (Wildman–Crippen LogP) is 2.34. The van der Waals surface area contributed by atoms with Gasteiger partial charge in [0.15, 0.2) is 5.82 Å². The highest BCUT2D eigenvalue weighted by atomic mass is 19.1. The van der Waals surface area contributed by atoms with Crippen LogP contribution in [-0.4, -0.2) is 58.8 Å². The lowest BCUT2D eigenvalue weighted by atomic mass is 9.83. The molecular weight excluding hydrogens is 407 g/mol. The molecule has 2 aromatic rings. The Bertz CT molecular complexity index is 828. The van der Waals surface area contributed by atoms with Crippen LogP contribution in [0, 0.1) is 5.82 Å². The Morgan fingerprint density at radius 2 is 2.10 bits per heavy atom. The molecule has 0 bridgehead atoms. The second kappa shape index (κ2) is 12.3. The molecule has 10 heteroatoms. The van der Waals surface area contributed by atoms with E-state index in [0.717, 1.165) is 32.0 Å². The molecule has 3 rings (SSSR count). The van der Waals surface area contributed by atoms with Crippen LogP contribution < -0.4 is 10.5 Å². The second-order valence-electron chi connectivity index (χ2n) is 7.32. The van der Waals surface area contributed by atoms with Gasteiger partial charge in [-0.25, -0.2) is 14.1 Å².